The Balaban J connectivity index is 1.96. The van der Waals surface area contributed by atoms with Crippen molar-refractivity contribution in [2.45, 2.75) is 13.8 Å². The molecule has 0 aliphatic rings. The van der Waals surface area contributed by atoms with E-state index in [-0.39, 0.29) is 5.88 Å². The number of carbonyl (C=O) groups excluding carboxylic acids is 1. The first-order chi connectivity index (χ1) is 8.69. The van der Waals surface area contributed by atoms with Crippen molar-refractivity contribution >= 4 is 38.9 Å². The zero-order valence-electron chi connectivity index (χ0n) is 9.89. The van der Waals surface area contributed by atoms with Gasteiger partial charge in [0.15, 0.2) is 10.1 Å². The number of anilines is 2. The van der Waals surface area contributed by atoms with Crippen LogP contribution in [-0.4, -0.2) is 22.6 Å². The van der Waals surface area contributed by atoms with Gasteiger partial charge in [0, 0.05) is 11.9 Å². The summed E-state index contributed by atoms with van der Waals surface area (Å²) >= 11 is 2.73. The summed E-state index contributed by atoms with van der Waals surface area (Å²) < 4.78 is 5.10. The maximum Gasteiger partial charge on any atom is 0.420 e. The summed E-state index contributed by atoms with van der Waals surface area (Å²) in [5.41, 5.74) is 2.48. The Kier molecular flexibility index (Phi) is 4.11. The van der Waals surface area contributed by atoms with Crippen molar-refractivity contribution in [3.8, 4) is 5.88 Å². The first-order valence-electron chi connectivity index (χ1n) is 5.27. The number of hydrogen-bond acceptors (Lipinski definition) is 7. The molecule has 0 saturated carbocycles. The summed E-state index contributed by atoms with van der Waals surface area (Å²) in [6.45, 7) is 4.56. The van der Waals surface area contributed by atoms with Gasteiger partial charge in [-0.1, -0.05) is 0 Å². The number of hydrogen-bond donors (Lipinski definition) is 2. The minimum atomic E-state index is -0.589. The van der Waals surface area contributed by atoms with Crippen molar-refractivity contribution in [2.75, 3.05) is 17.2 Å². The summed E-state index contributed by atoms with van der Waals surface area (Å²) in [6.07, 6.45) is -0.589. The molecule has 0 aromatic carbocycles. The average Bonchev–Trinajstić information content (AvgIpc) is 2.90. The Morgan fingerprint density at radius 2 is 2.33 bits per heavy atom. The number of nitrogens with zero attached hydrogens (tertiary/aromatic N) is 2. The van der Waals surface area contributed by atoms with Crippen LogP contribution in [0.15, 0.2) is 10.9 Å². The normalized spacial score (nSPS) is 10.1. The molecular formula is C10H12N4O2S2. The van der Waals surface area contributed by atoms with Crippen LogP contribution >= 0.6 is 22.7 Å². The lowest BCUT2D eigenvalue weighted by Crippen LogP contribution is -2.17. The zero-order valence-corrected chi connectivity index (χ0v) is 11.5. The largest absolute Gasteiger partial charge is 0.420 e. The van der Waals surface area contributed by atoms with Crippen molar-refractivity contribution in [1.82, 2.24) is 9.97 Å². The van der Waals surface area contributed by atoms with Crippen LogP contribution in [0.3, 0.4) is 0 Å². The van der Waals surface area contributed by atoms with Gasteiger partial charge in [-0.05, 0) is 13.8 Å². The van der Waals surface area contributed by atoms with Gasteiger partial charge in [-0.25, -0.2) is 14.8 Å². The van der Waals surface area contributed by atoms with Crippen molar-refractivity contribution in [2.24, 2.45) is 0 Å². The fourth-order valence-electron chi connectivity index (χ4n) is 1.20. The van der Waals surface area contributed by atoms with E-state index < -0.39 is 6.09 Å². The Morgan fingerprint density at radius 1 is 1.50 bits per heavy atom. The quantitative estimate of drug-likeness (QED) is 0.902. The number of ether oxygens (including phenoxy) is 1. The Hall–Kier alpha value is -1.67. The van der Waals surface area contributed by atoms with Crippen molar-refractivity contribution in [1.29, 1.82) is 0 Å². The molecule has 0 aliphatic heterocycles. The third kappa shape index (κ3) is 3.17. The van der Waals surface area contributed by atoms with Gasteiger partial charge in [0.05, 0.1) is 11.2 Å². The van der Waals surface area contributed by atoms with Crippen LogP contribution in [0.5, 0.6) is 5.88 Å². The van der Waals surface area contributed by atoms with Gasteiger partial charge in [0.1, 0.15) is 0 Å². The van der Waals surface area contributed by atoms with Crippen LogP contribution in [0, 0.1) is 6.92 Å². The third-order valence-corrected chi connectivity index (χ3v) is 3.53. The molecule has 2 rings (SSSR count). The SMILES string of the molecule is CCNc1scnc1OC(=O)Nc1nc(C)cs1. The van der Waals surface area contributed by atoms with Gasteiger partial charge in [0.25, 0.3) is 5.88 Å². The fourth-order valence-corrected chi connectivity index (χ4v) is 2.55. The van der Waals surface area contributed by atoms with Gasteiger partial charge in [-0.3, -0.25) is 5.32 Å². The molecule has 1 amide bonds. The van der Waals surface area contributed by atoms with Gasteiger partial charge >= 0.3 is 6.09 Å². The highest BCUT2D eigenvalue weighted by Crippen LogP contribution is 2.27. The Bertz CT molecular complexity index is 537. The van der Waals surface area contributed by atoms with E-state index in [4.69, 9.17) is 4.74 Å². The minimum absolute atomic E-state index is 0.285. The zero-order chi connectivity index (χ0) is 13.0. The molecule has 8 heteroatoms. The minimum Gasteiger partial charge on any atom is -0.388 e. The molecule has 0 spiro atoms. The monoisotopic (exact) mass is 284 g/mol. The predicted molar refractivity (Wildman–Crippen MR) is 72.8 cm³/mol. The topological polar surface area (TPSA) is 76.1 Å². The summed E-state index contributed by atoms with van der Waals surface area (Å²) in [5, 5.41) is 8.72. The molecule has 0 saturated heterocycles. The van der Waals surface area contributed by atoms with E-state index >= 15 is 0 Å². The Morgan fingerprint density at radius 3 is 3.00 bits per heavy atom. The lowest BCUT2D eigenvalue weighted by atomic mass is 10.6. The predicted octanol–water partition coefficient (Wildman–Crippen LogP) is 2.95. The molecule has 0 radical (unpaired) electrons. The number of aromatic nitrogens is 2. The van der Waals surface area contributed by atoms with Crippen LogP contribution in [0.1, 0.15) is 12.6 Å². The smallest absolute Gasteiger partial charge is 0.388 e. The highest BCUT2D eigenvalue weighted by atomic mass is 32.1. The first-order valence-corrected chi connectivity index (χ1v) is 7.03. The van der Waals surface area contributed by atoms with Crippen LogP contribution in [0.2, 0.25) is 0 Å². The molecule has 2 heterocycles. The molecule has 6 nitrogen and oxygen atoms in total. The summed E-state index contributed by atoms with van der Waals surface area (Å²) in [4.78, 5) is 19.7. The van der Waals surface area contributed by atoms with E-state index in [1.807, 2.05) is 19.2 Å². The van der Waals surface area contributed by atoms with Crippen LogP contribution in [-0.2, 0) is 0 Å². The van der Waals surface area contributed by atoms with Crippen molar-refractivity contribution in [3.63, 3.8) is 0 Å². The third-order valence-electron chi connectivity index (χ3n) is 1.89. The Labute approximate surface area is 112 Å². The van der Waals surface area contributed by atoms with Crippen LogP contribution < -0.4 is 15.4 Å². The lowest BCUT2D eigenvalue weighted by molar-refractivity contribution is 0.214. The second-order valence-electron chi connectivity index (χ2n) is 3.33. The molecule has 0 fully saturated rings. The number of aryl methyl sites for hydroxylation is 1. The van der Waals surface area contributed by atoms with E-state index in [2.05, 4.69) is 20.6 Å². The number of nitrogens with one attached hydrogen (secondary N) is 2. The van der Waals surface area contributed by atoms with Crippen LogP contribution in [0.25, 0.3) is 0 Å². The van der Waals surface area contributed by atoms with E-state index in [0.717, 1.165) is 17.2 Å². The van der Waals surface area contributed by atoms with Crippen molar-refractivity contribution in [3.05, 3.63) is 16.6 Å². The first kappa shape index (κ1) is 12.8. The van der Waals surface area contributed by atoms with Gasteiger partial charge in [-0.15, -0.1) is 22.7 Å². The summed E-state index contributed by atoms with van der Waals surface area (Å²) in [7, 11) is 0. The molecular weight excluding hydrogens is 272 g/mol. The molecule has 96 valence electrons. The molecule has 2 N–H and O–H groups in total. The number of rotatable bonds is 4. The summed E-state index contributed by atoms with van der Waals surface area (Å²) in [6, 6.07) is 0. The highest BCUT2D eigenvalue weighted by molar-refractivity contribution is 7.14. The fraction of sp³-hybridized carbons (Fsp3) is 0.300. The molecule has 0 unspecified atom stereocenters. The van der Waals surface area contributed by atoms with Gasteiger partial charge in [0.2, 0.25) is 0 Å². The average molecular weight is 284 g/mol. The maximum absolute atomic E-state index is 11.6. The second-order valence-corrected chi connectivity index (χ2v) is 5.04. The molecule has 0 atom stereocenters. The standard InChI is InChI=1S/C10H12N4O2S2/c1-3-11-8-7(12-5-18-8)16-10(15)14-9-13-6(2)4-17-9/h4-5,11H,3H2,1-2H3,(H,13,14,15). The highest BCUT2D eigenvalue weighted by Gasteiger charge is 2.13. The second kappa shape index (κ2) is 5.78. The molecule has 2 aromatic rings. The van der Waals surface area contributed by atoms with E-state index in [1.54, 1.807) is 5.51 Å². The lowest BCUT2D eigenvalue weighted by Gasteiger charge is -2.04. The molecule has 0 aliphatic carbocycles. The molecule has 0 bridgehead atoms. The molecule has 2 aromatic heterocycles. The number of thiazole rings is 2. The van der Waals surface area contributed by atoms with E-state index in [9.17, 15) is 4.79 Å². The van der Waals surface area contributed by atoms with E-state index in [1.165, 1.54) is 22.7 Å². The maximum atomic E-state index is 11.6. The van der Waals surface area contributed by atoms with Crippen molar-refractivity contribution < 1.29 is 9.53 Å². The van der Waals surface area contributed by atoms with Crippen LogP contribution in [0.4, 0.5) is 14.9 Å². The van der Waals surface area contributed by atoms with Gasteiger partial charge < -0.3 is 10.1 Å². The van der Waals surface area contributed by atoms with E-state index in [0.29, 0.717) is 5.13 Å². The van der Waals surface area contributed by atoms with Gasteiger partial charge in [-0.2, -0.15) is 0 Å². The number of amides is 1. The number of carbonyl (C=O) groups is 1. The molecule has 18 heavy (non-hydrogen) atoms. The summed E-state index contributed by atoms with van der Waals surface area (Å²) in [5.74, 6) is 0.285.